The van der Waals surface area contributed by atoms with Crippen molar-refractivity contribution in [3.63, 3.8) is 0 Å². The first kappa shape index (κ1) is 22.4. The Morgan fingerprint density at radius 2 is 1.61 bits per heavy atom. The number of nitrogens with zero attached hydrogens (tertiary/aromatic N) is 1. The fraction of sp³-hybridized carbons (Fsp3) is 0.0833. The SMILES string of the molecule is O=C(NCc1cccc(S(=O)(=O)NCc2cccc(F)c2)c1)c1cc(-c2ccccc2)n[nH]1. The minimum absolute atomic E-state index is 0.0371. The van der Waals surface area contributed by atoms with Crippen molar-refractivity contribution in [1.82, 2.24) is 20.2 Å². The average Bonchev–Trinajstić information content (AvgIpc) is 3.33. The highest BCUT2D eigenvalue weighted by molar-refractivity contribution is 7.89. The van der Waals surface area contributed by atoms with Crippen LogP contribution in [0.2, 0.25) is 0 Å². The number of sulfonamides is 1. The minimum atomic E-state index is -3.81. The van der Waals surface area contributed by atoms with Crippen molar-refractivity contribution in [2.24, 2.45) is 0 Å². The van der Waals surface area contributed by atoms with E-state index in [4.69, 9.17) is 0 Å². The molecule has 0 saturated carbocycles. The molecule has 7 nitrogen and oxygen atoms in total. The third kappa shape index (κ3) is 5.71. The highest BCUT2D eigenvalue weighted by Gasteiger charge is 2.15. The largest absolute Gasteiger partial charge is 0.347 e. The van der Waals surface area contributed by atoms with Gasteiger partial charge in [0.1, 0.15) is 11.5 Å². The van der Waals surface area contributed by atoms with Crippen molar-refractivity contribution in [1.29, 1.82) is 0 Å². The summed E-state index contributed by atoms with van der Waals surface area (Å²) >= 11 is 0. The average molecular weight is 465 g/mol. The van der Waals surface area contributed by atoms with Gasteiger partial charge >= 0.3 is 0 Å². The van der Waals surface area contributed by atoms with Crippen LogP contribution in [0.15, 0.2) is 89.8 Å². The quantitative estimate of drug-likeness (QED) is 0.370. The normalized spacial score (nSPS) is 11.3. The van der Waals surface area contributed by atoms with Crippen molar-refractivity contribution in [3.8, 4) is 11.3 Å². The van der Waals surface area contributed by atoms with Gasteiger partial charge in [0.05, 0.1) is 10.6 Å². The van der Waals surface area contributed by atoms with Gasteiger partial charge in [0.15, 0.2) is 0 Å². The summed E-state index contributed by atoms with van der Waals surface area (Å²) in [7, 11) is -3.81. The molecule has 33 heavy (non-hydrogen) atoms. The molecule has 0 aliphatic heterocycles. The lowest BCUT2D eigenvalue weighted by atomic mass is 10.1. The summed E-state index contributed by atoms with van der Waals surface area (Å²) in [6.45, 7) is 0.0937. The molecule has 1 aromatic heterocycles. The highest BCUT2D eigenvalue weighted by Crippen LogP contribution is 2.17. The van der Waals surface area contributed by atoms with Gasteiger partial charge < -0.3 is 5.32 Å². The van der Waals surface area contributed by atoms with Gasteiger partial charge in [-0.05, 0) is 41.5 Å². The number of hydrogen-bond donors (Lipinski definition) is 3. The molecule has 1 heterocycles. The van der Waals surface area contributed by atoms with E-state index >= 15 is 0 Å². The molecule has 3 N–H and O–H groups in total. The lowest BCUT2D eigenvalue weighted by Crippen LogP contribution is -2.25. The lowest BCUT2D eigenvalue weighted by Gasteiger charge is -2.09. The van der Waals surface area contributed by atoms with Crippen LogP contribution in [-0.2, 0) is 23.1 Å². The molecule has 0 unspecified atom stereocenters. The van der Waals surface area contributed by atoms with Crippen LogP contribution >= 0.6 is 0 Å². The summed E-state index contributed by atoms with van der Waals surface area (Å²) in [5, 5.41) is 9.64. The van der Waals surface area contributed by atoms with Crippen LogP contribution in [0.5, 0.6) is 0 Å². The van der Waals surface area contributed by atoms with Crippen molar-refractivity contribution < 1.29 is 17.6 Å². The molecular formula is C24H21FN4O3S. The molecule has 0 aliphatic rings. The number of rotatable bonds is 8. The van der Waals surface area contributed by atoms with Crippen molar-refractivity contribution >= 4 is 15.9 Å². The first-order chi connectivity index (χ1) is 15.9. The third-order valence-corrected chi connectivity index (χ3v) is 6.31. The maximum absolute atomic E-state index is 13.3. The molecule has 0 fully saturated rings. The van der Waals surface area contributed by atoms with Crippen LogP contribution in [0.25, 0.3) is 11.3 Å². The number of aromatic amines is 1. The molecule has 3 aromatic carbocycles. The Bertz CT molecular complexity index is 1370. The summed E-state index contributed by atoms with van der Waals surface area (Å²) in [5.74, 6) is -0.792. The Labute approximate surface area is 190 Å². The van der Waals surface area contributed by atoms with Crippen molar-refractivity contribution in [2.45, 2.75) is 18.0 Å². The zero-order valence-electron chi connectivity index (χ0n) is 17.5. The molecular weight excluding hydrogens is 443 g/mol. The van der Waals surface area contributed by atoms with Crippen LogP contribution in [0.4, 0.5) is 4.39 Å². The zero-order chi connectivity index (χ0) is 23.3. The first-order valence-electron chi connectivity index (χ1n) is 10.1. The summed E-state index contributed by atoms with van der Waals surface area (Å²) in [5.41, 5.74) is 2.96. The fourth-order valence-corrected chi connectivity index (χ4v) is 4.29. The minimum Gasteiger partial charge on any atom is -0.347 e. The second kappa shape index (κ2) is 9.76. The maximum Gasteiger partial charge on any atom is 0.269 e. The first-order valence-corrected chi connectivity index (χ1v) is 11.6. The van der Waals surface area contributed by atoms with Gasteiger partial charge in [0, 0.05) is 18.7 Å². The van der Waals surface area contributed by atoms with Gasteiger partial charge in [-0.15, -0.1) is 0 Å². The Morgan fingerprint density at radius 1 is 0.879 bits per heavy atom. The van der Waals surface area contributed by atoms with Gasteiger partial charge in [-0.2, -0.15) is 5.10 Å². The number of hydrogen-bond acceptors (Lipinski definition) is 4. The molecule has 4 rings (SSSR count). The summed E-state index contributed by atoms with van der Waals surface area (Å²) < 4.78 is 41.0. The molecule has 4 aromatic rings. The van der Waals surface area contributed by atoms with E-state index in [1.165, 1.54) is 30.3 Å². The Kier molecular flexibility index (Phi) is 6.62. The molecule has 0 bridgehead atoms. The molecule has 0 radical (unpaired) electrons. The van der Waals surface area contributed by atoms with Crippen LogP contribution in [0.3, 0.4) is 0 Å². The number of benzene rings is 3. The van der Waals surface area contributed by atoms with Crippen molar-refractivity contribution in [3.05, 3.63) is 108 Å². The number of aromatic nitrogens is 2. The van der Waals surface area contributed by atoms with Crippen LogP contribution in [0.1, 0.15) is 21.6 Å². The van der Waals surface area contributed by atoms with Crippen LogP contribution in [-0.4, -0.2) is 24.5 Å². The number of carbonyl (C=O) groups is 1. The number of nitrogens with one attached hydrogen (secondary N) is 3. The molecule has 0 atom stereocenters. The Balaban J connectivity index is 1.39. The third-order valence-electron chi connectivity index (χ3n) is 4.91. The van der Waals surface area contributed by atoms with E-state index in [-0.39, 0.29) is 23.9 Å². The Hall–Kier alpha value is -3.82. The number of amides is 1. The molecule has 9 heteroatoms. The maximum atomic E-state index is 13.3. The van der Waals surface area contributed by atoms with Gasteiger partial charge in [-0.1, -0.05) is 54.6 Å². The zero-order valence-corrected chi connectivity index (χ0v) is 18.3. The number of halogens is 1. The topological polar surface area (TPSA) is 104 Å². The summed E-state index contributed by atoms with van der Waals surface area (Å²) in [6, 6.07) is 23.1. The van der Waals surface area contributed by atoms with E-state index in [2.05, 4.69) is 20.2 Å². The molecule has 0 aliphatic carbocycles. The van der Waals surface area contributed by atoms with Crippen LogP contribution in [0, 0.1) is 5.82 Å². The van der Waals surface area contributed by atoms with Gasteiger partial charge in [0.25, 0.3) is 5.91 Å². The smallest absolute Gasteiger partial charge is 0.269 e. The second-order valence-corrected chi connectivity index (χ2v) is 9.08. The summed E-state index contributed by atoms with van der Waals surface area (Å²) in [4.78, 5) is 12.5. The monoisotopic (exact) mass is 464 g/mol. The highest BCUT2D eigenvalue weighted by atomic mass is 32.2. The van der Waals surface area contributed by atoms with E-state index in [0.717, 1.165) is 5.56 Å². The van der Waals surface area contributed by atoms with Gasteiger partial charge in [0.2, 0.25) is 10.0 Å². The van der Waals surface area contributed by atoms with Gasteiger partial charge in [-0.25, -0.2) is 17.5 Å². The van der Waals surface area contributed by atoms with E-state index in [1.807, 2.05) is 30.3 Å². The molecule has 0 spiro atoms. The van der Waals surface area contributed by atoms with Gasteiger partial charge in [-0.3, -0.25) is 9.89 Å². The van der Waals surface area contributed by atoms with E-state index in [0.29, 0.717) is 22.5 Å². The lowest BCUT2D eigenvalue weighted by molar-refractivity contribution is 0.0946. The van der Waals surface area contributed by atoms with E-state index in [1.54, 1.807) is 24.3 Å². The molecule has 1 amide bonds. The summed E-state index contributed by atoms with van der Waals surface area (Å²) in [6.07, 6.45) is 0. The van der Waals surface area contributed by atoms with Crippen molar-refractivity contribution in [2.75, 3.05) is 0 Å². The Morgan fingerprint density at radius 3 is 2.36 bits per heavy atom. The molecule has 0 saturated heterocycles. The standard InChI is InChI=1S/C24H21FN4O3S/c25-20-10-4-6-17(12-20)16-27-33(31,32)21-11-5-7-18(13-21)15-26-24(30)23-14-22(28-29-23)19-8-2-1-3-9-19/h1-14,27H,15-16H2,(H,26,30)(H,28,29). The fourth-order valence-electron chi connectivity index (χ4n) is 3.20. The second-order valence-electron chi connectivity index (χ2n) is 7.32. The van der Waals surface area contributed by atoms with E-state index in [9.17, 15) is 17.6 Å². The number of carbonyl (C=O) groups excluding carboxylic acids is 1. The van der Waals surface area contributed by atoms with Crippen LogP contribution < -0.4 is 10.0 Å². The molecule has 168 valence electrons. The van der Waals surface area contributed by atoms with E-state index < -0.39 is 15.8 Å². The predicted octanol–water partition coefficient (Wildman–Crippen LogP) is 3.62. The predicted molar refractivity (Wildman–Crippen MR) is 122 cm³/mol. The number of H-pyrrole nitrogens is 1.